The van der Waals surface area contributed by atoms with Crippen LogP contribution in [0, 0.1) is 0 Å². The Morgan fingerprint density at radius 3 is 2.95 bits per heavy atom. The third-order valence-electron chi connectivity index (χ3n) is 2.59. The third kappa shape index (κ3) is 4.35. The normalized spacial score (nSPS) is 11.9. The van der Waals surface area contributed by atoms with E-state index in [1.54, 1.807) is 11.3 Å². The summed E-state index contributed by atoms with van der Waals surface area (Å²) in [6.45, 7) is -0.173. The van der Waals surface area contributed by atoms with Crippen LogP contribution in [0.25, 0.3) is 9.88 Å². The molecule has 1 amide bonds. The standard InChI is InChI=1S/C13H14N2O4S2/c1-19-13(18)9(16)6-14-11(17)5-8-7-21-12(15-8)10-3-2-4-20-10/h2-4,7,9,16H,5-6H2,1H3,(H,14,17). The zero-order valence-electron chi connectivity index (χ0n) is 11.2. The number of thiazole rings is 1. The first-order valence-electron chi connectivity index (χ1n) is 6.11. The van der Waals surface area contributed by atoms with Crippen LogP contribution in [0.2, 0.25) is 0 Å². The quantitative estimate of drug-likeness (QED) is 0.775. The molecule has 0 fully saturated rings. The minimum atomic E-state index is -1.35. The van der Waals surface area contributed by atoms with E-state index in [4.69, 9.17) is 0 Å². The second-order valence-electron chi connectivity index (χ2n) is 4.14. The molecule has 1 unspecified atom stereocenters. The molecule has 0 aromatic carbocycles. The van der Waals surface area contributed by atoms with Crippen LogP contribution in [0.4, 0.5) is 0 Å². The number of thiophene rings is 1. The first-order chi connectivity index (χ1) is 10.1. The van der Waals surface area contributed by atoms with E-state index in [1.807, 2.05) is 22.9 Å². The van der Waals surface area contributed by atoms with Crippen LogP contribution in [0.15, 0.2) is 22.9 Å². The van der Waals surface area contributed by atoms with Crippen LogP contribution in [-0.2, 0) is 20.7 Å². The van der Waals surface area contributed by atoms with Gasteiger partial charge in [-0.05, 0) is 11.4 Å². The molecule has 8 heteroatoms. The summed E-state index contributed by atoms with van der Waals surface area (Å²) in [4.78, 5) is 28.1. The first kappa shape index (κ1) is 15.6. The number of ether oxygens (including phenoxy) is 1. The van der Waals surface area contributed by atoms with Crippen LogP contribution in [-0.4, -0.2) is 41.7 Å². The van der Waals surface area contributed by atoms with E-state index in [0.29, 0.717) is 5.69 Å². The van der Waals surface area contributed by atoms with Crippen LogP contribution >= 0.6 is 22.7 Å². The number of nitrogens with zero attached hydrogens (tertiary/aromatic N) is 1. The van der Waals surface area contributed by atoms with Gasteiger partial charge in [-0.2, -0.15) is 0 Å². The number of aromatic nitrogens is 1. The van der Waals surface area contributed by atoms with Gasteiger partial charge in [0.2, 0.25) is 5.91 Å². The number of rotatable bonds is 6. The molecule has 2 aromatic heterocycles. The fraction of sp³-hybridized carbons (Fsp3) is 0.308. The average molecular weight is 326 g/mol. The van der Waals surface area contributed by atoms with Crippen LogP contribution in [0.3, 0.4) is 0 Å². The minimum absolute atomic E-state index is 0.107. The van der Waals surface area contributed by atoms with E-state index in [9.17, 15) is 14.7 Å². The molecule has 0 radical (unpaired) electrons. The Morgan fingerprint density at radius 1 is 1.48 bits per heavy atom. The lowest BCUT2D eigenvalue weighted by Gasteiger charge is -2.09. The molecule has 112 valence electrons. The molecular weight excluding hydrogens is 312 g/mol. The molecule has 0 aliphatic rings. The second kappa shape index (κ2) is 7.30. The topological polar surface area (TPSA) is 88.5 Å². The molecule has 0 bridgehead atoms. The highest BCUT2D eigenvalue weighted by atomic mass is 32.1. The minimum Gasteiger partial charge on any atom is -0.467 e. The van der Waals surface area contributed by atoms with Gasteiger partial charge in [-0.15, -0.1) is 22.7 Å². The van der Waals surface area contributed by atoms with Crippen molar-refractivity contribution in [3.63, 3.8) is 0 Å². The second-order valence-corrected chi connectivity index (χ2v) is 5.95. The van der Waals surface area contributed by atoms with Gasteiger partial charge in [0.25, 0.3) is 0 Å². The van der Waals surface area contributed by atoms with Crippen molar-refractivity contribution in [3.8, 4) is 9.88 Å². The van der Waals surface area contributed by atoms with Crippen molar-refractivity contribution in [2.75, 3.05) is 13.7 Å². The Bertz CT molecular complexity index is 609. The zero-order chi connectivity index (χ0) is 15.2. The number of carbonyl (C=O) groups excluding carboxylic acids is 2. The Kier molecular flexibility index (Phi) is 5.43. The molecule has 0 spiro atoms. The predicted octanol–water partition coefficient (Wildman–Crippen LogP) is 1.06. The van der Waals surface area contributed by atoms with Gasteiger partial charge in [0, 0.05) is 5.38 Å². The number of nitrogens with one attached hydrogen (secondary N) is 1. The summed E-state index contributed by atoms with van der Waals surface area (Å²) < 4.78 is 4.36. The fourth-order valence-corrected chi connectivity index (χ4v) is 3.19. The summed E-state index contributed by atoms with van der Waals surface area (Å²) in [6.07, 6.45) is -1.24. The Balaban J connectivity index is 1.84. The number of esters is 1. The van der Waals surface area contributed by atoms with Gasteiger partial charge in [-0.1, -0.05) is 6.07 Å². The van der Waals surface area contributed by atoms with Gasteiger partial charge >= 0.3 is 5.97 Å². The maximum atomic E-state index is 11.7. The molecule has 2 heterocycles. The Morgan fingerprint density at radius 2 is 2.29 bits per heavy atom. The van der Waals surface area contributed by atoms with Crippen LogP contribution in [0.5, 0.6) is 0 Å². The number of aliphatic hydroxyl groups is 1. The highest BCUT2D eigenvalue weighted by Gasteiger charge is 2.16. The van der Waals surface area contributed by atoms with Gasteiger partial charge in [0.05, 0.1) is 30.6 Å². The van der Waals surface area contributed by atoms with Crippen molar-refractivity contribution in [1.82, 2.24) is 10.3 Å². The summed E-state index contributed by atoms with van der Waals surface area (Å²) in [5.74, 6) is -1.08. The van der Waals surface area contributed by atoms with Crippen molar-refractivity contribution in [2.24, 2.45) is 0 Å². The van der Waals surface area contributed by atoms with Crippen molar-refractivity contribution in [3.05, 3.63) is 28.6 Å². The van der Waals surface area contributed by atoms with Gasteiger partial charge < -0.3 is 15.2 Å². The Labute approximate surface area is 129 Å². The number of methoxy groups -OCH3 is 1. The lowest BCUT2D eigenvalue weighted by Crippen LogP contribution is -2.37. The zero-order valence-corrected chi connectivity index (χ0v) is 12.9. The molecule has 0 aliphatic heterocycles. The van der Waals surface area contributed by atoms with E-state index in [1.165, 1.54) is 18.4 Å². The molecule has 1 atom stereocenters. The molecular formula is C13H14N2O4S2. The van der Waals surface area contributed by atoms with E-state index < -0.39 is 12.1 Å². The summed E-state index contributed by atoms with van der Waals surface area (Å²) >= 11 is 3.07. The van der Waals surface area contributed by atoms with Gasteiger partial charge in [0.1, 0.15) is 5.01 Å². The van der Waals surface area contributed by atoms with Gasteiger partial charge in [-0.3, -0.25) is 4.79 Å². The first-order valence-corrected chi connectivity index (χ1v) is 7.87. The number of carbonyl (C=O) groups is 2. The van der Waals surface area contributed by atoms with Crippen LogP contribution in [0.1, 0.15) is 5.69 Å². The maximum Gasteiger partial charge on any atom is 0.336 e. The van der Waals surface area contributed by atoms with E-state index in [2.05, 4.69) is 15.0 Å². The van der Waals surface area contributed by atoms with Gasteiger partial charge in [0.15, 0.2) is 6.10 Å². The van der Waals surface area contributed by atoms with Gasteiger partial charge in [-0.25, -0.2) is 9.78 Å². The highest BCUT2D eigenvalue weighted by Crippen LogP contribution is 2.27. The summed E-state index contributed by atoms with van der Waals surface area (Å²) in [7, 11) is 1.18. The smallest absolute Gasteiger partial charge is 0.336 e. The number of amides is 1. The maximum absolute atomic E-state index is 11.7. The van der Waals surface area contributed by atoms with E-state index >= 15 is 0 Å². The molecule has 2 N–H and O–H groups in total. The van der Waals surface area contributed by atoms with Crippen molar-refractivity contribution in [1.29, 1.82) is 0 Å². The van der Waals surface area contributed by atoms with Crippen LogP contribution < -0.4 is 5.32 Å². The number of aliphatic hydroxyl groups excluding tert-OH is 1. The average Bonchev–Trinajstić information content (AvgIpc) is 3.14. The monoisotopic (exact) mass is 326 g/mol. The Hall–Kier alpha value is -1.77. The van der Waals surface area contributed by atoms with Crippen molar-refractivity contribution in [2.45, 2.75) is 12.5 Å². The summed E-state index contributed by atoms with van der Waals surface area (Å²) in [5.41, 5.74) is 0.661. The molecule has 0 saturated heterocycles. The molecule has 0 aliphatic carbocycles. The van der Waals surface area contributed by atoms with E-state index in [0.717, 1.165) is 9.88 Å². The van der Waals surface area contributed by atoms with E-state index in [-0.39, 0.29) is 18.9 Å². The van der Waals surface area contributed by atoms with Crippen molar-refractivity contribution < 1.29 is 19.4 Å². The highest BCUT2D eigenvalue weighted by molar-refractivity contribution is 7.20. The molecule has 2 aromatic rings. The largest absolute Gasteiger partial charge is 0.467 e. The summed E-state index contributed by atoms with van der Waals surface area (Å²) in [6, 6.07) is 3.92. The number of hydrogen-bond acceptors (Lipinski definition) is 7. The SMILES string of the molecule is COC(=O)C(O)CNC(=O)Cc1csc(-c2cccs2)n1. The number of hydrogen-bond donors (Lipinski definition) is 2. The lowest BCUT2D eigenvalue weighted by atomic mass is 10.3. The molecule has 6 nitrogen and oxygen atoms in total. The predicted molar refractivity (Wildman–Crippen MR) is 80.2 cm³/mol. The molecule has 0 saturated carbocycles. The fourth-order valence-electron chi connectivity index (χ4n) is 1.56. The molecule has 2 rings (SSSR count). The third-order valence-corrected chi connectivity index (χ3v) is 4.52. The lowest BCUT2D eigenvalue weighted by molar-refractivity contribution is -0.150. The summed E-state index contributed by atoms with van der Waals surface area (Å²) in [5, 5.41) is 16.5. The van der Waals surface area contributed by atoms with Crippen molar-refractivity contribution >= 4 is 34.6 Å². The molecule has 21 heavy (non-hydrogen) atoms.